The lowest BCUT2D eigenvalue weighted by Gasteiger charge is -2.39. The molecule has 9 heteroatoms. The Hall–Kier alpha value is -3.98. The summed E-state index contributed by atoms with van der Waals surface area (Å²) >= 11 is 0. The van der Waals surface area contributed by atoms with Gasteiger partial charge in [0.2, 0.25) is 0 Å². The van der Waals surface area contributed by atoms with Gasteiger partial charge in [-0.1, -0.05) is 32.9 Å². The second kappa shape index (κ2) is 7.03. The van der Waals surface area contributed by atoms with E-state index >= 15 is 0 Å². The minimum absolute atomic E-state index is 0.0455. The minimum atomic E-state index is -1.11. The predicted octanol–water partition coefficient (Wildman–Crippen LogP) is 2.02. The Morgan fingerprint density at radius 1 is 1.00 bits per heavy atom. The van der Waals surface area contributed by atoms with Gasteiger partial charge in [-0.15, -0.1) is 0 Å². The second-order valence-corrected chi connectivity index (χ2v) is 8.81. The lowest BCUT2D eigenvalue weighted by Crippen LogP contribution is -2.55. The summed E-state index contributed by atoms with van der Waals surface area (Å²) in [4.78, 5) is 35.2. The number of rotatable bonds is 3. The van der Waals surface area contributed by atoms with Crippen molar-refractivity contribution >= 4 is 11.8 Å². The van der Waals surface area contributed by atoms with E-state index in [0.717, 1.165) is 0 Å². The molecule has 2 atom stereocenters. The van der Waals surface area contributed by atoms with Crippen LogP contribution in [0, 0.1) is 28.1 Å². The number of methoxy groups -OCH3 is 1. The molecule has 1 aromatic heterocycles. The van der Waals surface area contributed by atoms with Crippen LogP contribution >= 0.6 is 0 Å². The molecule has 2 bridgehead atoms. The normalized spacial score (nSPS) is 24.1. The van der Waals surface area contributed by atoms with Crippen LogP contribution in [0.5, 0.6) is 5.75 Å². The molecule has 0 radical (unpaired) electrons. The van der Waals surface area contributed by atoms with E-state index in [1.54, 1.807) is 24.3 Å². The van der Waals surface area contributed by atoms with E-state index in [0.29, 0.717) is 30.0 Å². The van der Waals surface area contributed by atoms with Crippen LogP contribution in [-0.4, -0.2) is 28.9 Å². The third-order valence-electron chi connectivity index (χ3n) is 7.51. The van der Waals surface area contributed by atoms with E-state index in [1.807, 2.05) is 32.9 Å². The van der Waals surface area contributed by atoms with E-state index in [-0.39, 0.29) is 17.0 Å². The van der Waals surface area contributed by atoms with Crippen molar-refractivity contribution in [3.05, 3.63) is 52.6 Å². The third kappa shape index (κ3) is 2.48. The summed E-state index contributed by atoms with van der Waals surface area (Å²) in [6.07, 6.45) is 1.14. The molecule has 4 rings (SSSR count). The molecule has 0 saturated heterocycles. The molecular weight excluding hydrogens is 408 g/mol. The third-order valence-corrected chi connectivity index (χ3v) is 7.51. The summed E-state index contributed by atoms with van der Waals surface area (Å²) in [7, 11) is 1.46. The molecule has 2 aliphatic rings. The zero-order valence-corrected chi connectivity index (χ0v) is 18.2. The van der Waals surface area contributed by atoms with Crippen LogP contribution in [0.2, 0.25) is 0 Å². The van der Waals surface area contributed by atoms with Gasteiger partial charge in [0.25, 0.3) is 11.8 Å². The topological polar surface area (TPSA) is 141 Å². The molecule has 0 aliphatic heterocycles. The summed E-state index contributed by atoms with van der Waals surface area (Å²) in [5, 5.41) is 18.8. The largest absolute Gasteiger partial charge is 0.496 e. The fraction of sp³-hybridized carbons (Fsp3) is 0.391. The molecule has 0 spiro atoms. The van der Waals surface area contributed by atoms with Gasteiger partial charge in [-0.05, 0) is 30.4 Å². The van der Waals surface area contributed by atoms with E-state index in [2.05, 4.69) is 20.8 Å². The Morgan fingerprint density at radius 3 is 2.25 bits per heavy atom. The standard InChI is InChI=1S/C23H22N6O3/c1-21(2)22(3)9-10-23(21,18-17(22)26-14(11-24)15(12-25)27-18)20(31)29-28-19(30)13-7-5-6-8-16(13)32-4/h5-8H,9-10H2,1-4H3,(H,28,30)(H,29,31). The molecule has 32 heavy (non-hydrogen) atoms. The SMILES string of the molecule is COc1ccccc1C(=O)NNC(=O)C12CCC(C)(c3nc(C#N)c(C#N)nc31)C2(C)C. The highest BCUT2D eigenvalue weighted by Crippen LogP contribution is 2.70. The number of hydrogen-bond donors (Lipinski definition) is 2. The predicted molar refractivity (Wildman–Crippen MR) is 112 cm³/mol. The van der Waals surface area contributed by atoms with Crippen molar-refractivity contribution in [3.8, 4) is 17.9 Å². The van der Waals surface area contributed by atoms with Crippen LogP contribution < -0.4 is 15.6 Å². The van der Waals surface area contributed by atoms with Gasteiger partial charge in [-0.25, -0.2) is 9.97 Å². The summed E-state index contributed by atoms with van der Waals surface area (Å²) in [6.45, 7) is 5.93. The van der Waals surface area contributed by atoms with Crippen LogP contribution in [0.3, 0.4) is 0 Å². The molecule has 1 heterocycles. The minimum Gasteiger partial charge on any atom is -0.496 e. The van der Waals surface area contributed by atoms with Gasteiger partial charge in [0.1, 0.15) is 23.3 Å². The van der Waals surface area contributed by atoms with Crippen LogP contribution in [0.4, 0.5) is 0 Å². The fourth-order valence-electron chi connectivity index (χ4n) is 5.26. The van der Waals surface area contributed by atoms with E-state index < -0.39 is 28.1 Å². The van der Waals surface area contributed by atoms with Gasteiger partial charge < -0.3 is 4.74 Å². The summed E-state index contributed by atoms with van der Waals surface area (Å²) in [6, 6.07) is 10.5. The van der Waals surface area contributed by atoms with Gasteiger partial charge >= 0.3 is 0 Å². The number of nitriles is 2. The molecule has 1 fully saturated rings. The summed E-state index contributed by atoms with van der Waals surface area (Å²) < 4.78 is 5.21. The van der Waals surface area contributed by atoms with Crippen molar-refractivity contribution < 1.29 is 14.3 Å². The number of nitrogens with zero attached hydrogens (tertiary/aromatic N) is 4. The average molecular weight is 430 g/mol. The molecular formula is C23H22N6O3. The van der Waals surface area contributed by atoms with Gasteiger partial charge in [0, 0.05) is 5.41 Å². The molecule has 2 aliphatic carbocycles. The van der Waals surface area contributed by atoms with Crippen molar-refractivity contribution in [1.82, 2.24) is 20.8 Å². The van der Waals surface area contributed by atoms with Gasteiger partial charge in [0.15, 0.2) is 11.4 Å². The number of para-hydroxylation sites is 1. The van der Waals surface area contributed by atoms with Gasteiger partial charge in [0.05, 0.1) is 24.1 Å². The number of carbonyl (C=O) groups excluding carboxylic acids is 2. The molecule has 2 N–H and O–H groups in total. The molecule has 9 nitrogen and oxygen atoms in total. The second-order valence-electron chi connectivity index (χ2n) is 8.81. The summed E-state index contributed by atoms with van der Waals surface area (Å²) in [5.74, 6) is -0.574. The lowest BCUT2D eigenvalue weighted by atomic mass is 9.63. The summed E-state index contributed by atoms with van der Waals surface area (Å²) in [5.41, 5.74) is 3.88. The highest BCUT2D eigenvalue weighted by molar-refractivity contribution is 5.99. The molecule has 2 amide bonds. The van der Waals surface area contributed by atoms with Crippen molar-refractivity contribution in [2.75, 3.05) is 7.11 Å². The molecule has 2 unspecified atom stereocenters. The number of hydrogen-bond acceptors (Lipinski definition) is 7. The molecule has 1 aromatic carbocycles. The Morgan fingerprint density at radius 2 is 1.62 bits per heavy atom. The first-order chi connectivity index (χ1) is 15.2. The number of ether oxygens (including phenoxy) is 1. The molecule has 1 saturated carbocycles. The van der Waals surface area contributed by atoms with E-state index in [1.165, 1.54) is 7.11 Å². The zero-order valence-electron chi connectivity index (χ0n) is 18.2. The maximum atomic E-state index is 13.6. The quantitative estimate of drug-likeness (QED) is 0.710. The number of nitrogens with one attached hydrogen (secondary N) is 2. The first kappa shape index (κ1) is 21.3. The van der Waals surface area contributed by atoms with Crippen LogP contribution in [0.15, 0.2) is 24.3 Å². The van der Waals surface area contributed by atoms with Crippen LogP contribution in [0.25, 0.3) is 0 Å². The van der Waals surface area contributed by atoms with Gasteiger partial charge in [-0.2, -0.15) is 10.5 Å². The first-order valence-electron chi connectivity index (χ1n) is 10.1. The van der Waals surface area contributed by atoms with Crippen LogP contribution in [-0.2, 0) is 15.6 Å². The lowest BCUT2D eigenvalue weighted by molar-refractivity contribution is -0.131. The number of benzene rings is 1. The highest BCUT2D eigenvalue weighted by atomic mass is 16.5. The molecule has 162 valence electrons. The maximum Gasteiger partial charge on any atom is 0.273 e. The first-order valence-corrected chi connectivity index (χ1v) is 10.1. The Bertz CT molecular complexity index is 1240. The molecule has 2 aromatic rings. The maximum absolute atomic E-state index is 13.6. The van der Waals surface area contributed by atoms with E-state index in [4.69, 9.17) is 4.74 Å². The number of hydrazine groups is 1. The number of amides is 2. The number of carbonyl (C=O) groups is 2. The van der Waals surface area contributed by atoms with Gasteiger partial charge in [-0.3, -0.25) is 20.4 Å². The van der Waals surface area contributed by atoms with Crippen LogP contribution in [0.1, 0.15) is 66.7 Å². The highest BCUT2D eigenvalue weighted by Gasteiger charge is 2.73. The van der Waals surface area contributed by atoms with E-state index in [9.17, 15) is 20.1 Å². The van der Waals surface area contributed by atoms with Crippen molar-refractivity contribution in [2.24, 2.45) is 5.41 Å². The number of fused-ring (bicyclic) bond motifs is 5. The van der Waals surface area contributed by atoms with Crippen molar-refractivity contribution in [2.45, 2.75) is 44.4 Å². The Labute approximate surface area is 185 Å². The monoisotopic (exact) mass is 430 g/mol. The Kier molecular flexibility index (Phi) is 4.67. The fourth-order valence-corrected chi connectivity index (χ4v) is 5.26. The average Bonchev–Trinajstić information content (AvgIpc) is 3.10. The zero-order chi connectivity index (χ0) is 23.3. The Balaban J connectivity index is 1.72. The van der Waals surface area contributed by atoms with Crippen molar-refractivity contribution in [3.63, 3.8) is 0 Å². The number of aromatic nitrogens is 2. The smallest absolute Gasteiger partial charge is 0.273 e. The van der Waals surface area contributed by atoms with Crippen molar-refractivity contribution in [1.29, 1.82) is 10.5 Å².